The van der Waals surface area contributed by atoms with E-state index in [1.807, 2.05) is 0 Å². The second-order valence-corrected chi connectivity index (χ2v) is 6.34. The molecule has 0 bridgehead atoms. The maximum atomic E-state index is 13.0. The second-order valence-electron chi connectivity index (χ2n) is 5.50. The average molecular weight is 395 g/mol. The van der Waals surface area contributed by atoms with Crippen molar-refractivity contribution in [3.8, 4) is 11.5 Å². The van der Waals surface area contributed by atoms with E-state index in [0.29, 0.717) is 21.2 Å². The van der Waals surface area contributed by atoms with Gasteiger partial charge < -0.3 is 9.15 Å². The Morgan fingerprint density at radius 1 is 1.19 bits per heavy atom. The second kappa shape index (κ2) is 7.85. The molecular weight excluding hydrogens is 382 g/mol. The van der Waals surface area contributed by atoms with E-state index in [1.54, 1.807) is 25.1 Å². The maximum absolute atomic E-state index is 13.0. The quantitative estimate of drug-likeness (QED) is 0.567. The molecule has 5 nitrogen and oxygen atoms in total. The van der Waals surface area contributed by atoms with Gasteiger partial charge in [0.2, 0.25) is 5.89 Å². The van der Waals surface area contributed by atoms with Gasteiger partial charge >= 0.3 is 5.97 Å². The van der Waals surface area contributed by atoms with Crippen LogP contribution in [0.1, 0.15) is 24.5 Å². The third-order valence-electron chi connectivity index (χ3n) is 3.54. The normalized spacial score (nSPS) is 12.0. The molecule has 1 atom stereocenters. The molecule has 0 aliphatic rings. The number of hydrogen-bond acceptors (Lipinski definition) is 5. The highest BCUT2D eigenvalue weighted by Crippen LogP contribution is 2.25. The van der Waals surface area contributed by atoms with Crippen LogP contribution in [0.25, 0.3) is 11.5 Å². The zero-order valence-corrected chi connectivity index (χ0v) is 15.1. The van der Waals surface area contributed by atoms with E-state index in [-0.39, 0.29) is 24.0 Å². The molecule has 134 valence electrons. The summed E-state index contributed by atoms with van der Waals surface area (Å²) in [5.74, 6) is -0.511. The van der Waals surface area contributed by atoms with Gasteiger partial charge in [0.15, 0.2) is 6.10 Å². The van der Waals surface area contributed by atoms with Crippen LogP contribution in [0, 0.1) is 5.82 Å². The molecule has 0 amide bonds. The Hall–Kier alpha value is -2.44. The van der Waals surface area contributed by atoms with Crippen molar-refractivity contribution in [3.63, 3.8) is 0 Å². The standard InChI is InChI=1S/C18H13Cl2FN2O3/c1-10(25-16(24)8-12-2-5-13(19)9-15(12)20)17-22-23-18(26-17)11-3-6-14(21)7-4-11/h2-7,9-10H,8H2,1H3/t10-/m1/s1. The number of esters is 1. The number of carbonyl (C=O) groups excluding carboxylic acids is 1. The number of aromatic nitrogens is 2. The molecule has 0 aliphatic carbocycles. The Morgan fingerprint density at radius 2 is 1.92 bits per heavy atom. The van der Waals surface area contributed by atoms with E-state index < -0.39 is 12.1 Å². The third-order valence-corrected chi connectivity index (χ3v) is 4.12. The van der Waals surface area contributed by atoms with Gasteiger partial charge in [-0.15, -0.1) is 10.2 Å². The predicted octanol–water partition coefficient (Wildman–Crippen LogP) is 5.03. The molecule has 1 aromatic heterocycles. The maximum Gasteiger partial charge on any atom is 0.311 e. The van der Waals surface area contributed by atoms with E-state index in [9.17, 15) is 9.18 Å². The summed E-state index contributed by atoms with van der Waals surface area (Å²) in [5.41, 5.74) is 1.17. The van der Waals surface area contributed by atoms with Crippen LogP contribution in [0.5, 0.6) is 0 Å². The molecule has 3 aromatic rings. The lowest BCUT2D eigenvalue weighted by molar-refractivity contribution is -0.148. The molecule has 2 aromatic carbocycles. The van der Waals surface area contributed by atoms with Gasteiger partial charge in [-0.3, -0.25) is 4.79 Å². The van der Waals surface area contributed by atoms with Gasteiger partial charge in [0.05, 0.1) is 6.42 Å². The lowest BCUT2D eigenvalue weighted by atomic mass is 10.1. The predicted molar refractivity (Wildman–Crippen MR) is 94.4 cm³/mol. The first-order valence-electron chi connectivity index (χ1n) is 7.65. The van der Waals surface area contributed by atoms with E-state index in [1.165, 1.54) is 24.3 Å². The number of ether oxygens (including phenoxy) is 1. The molecule has 0 fully saturated rings. The van der Waals surface area contributed by atoms with Crippen molar-refractivity contribution in [2.24, 2.45) is 0 Å². The summed E-state index contributed by atoms with van der Waals surface area (Å²) in [5, 5.41) is 8.63. The highest BCUT2D eigenvalue weighted by molar-refractivity contribution is 6.35. The molecule has 0 spiro atoms. The van der Waals surface area contributed by atoms with Crippen molar-refractivity contribution >= 4 is 29.2 Å². The fourth-order valence-electron chi connectivity index (χ4n) is 2.22. The number of carbonyl (C=O) groups is 1. The van der Waals surface area contributed by atoms with E-state index >= 15 is 0 Å². The van der Waals surface area contributed by atoms with E-state index in [0.717, 1.165) is 0 Å². The molecule has 0 aliphatic heterocycles. The zero-order valence-electron chi connectivity index (χ0n) is 13.6. The lowest BCUT2D eigenvalue weighted by Gasteiger charge is -2.10. The van der Waals surface area contributed by atoms with Crippen LogP contribution in [-0.2, 0) is 16.0 Å². The summed E-state index contributed by atoms with van der Waals surface area (Å²) in [4.78, 5) is 12.1. The van der Waals surface area contributed by atoms with Gasteiger partial charge in [0.25, 0.3) is 5.89 Å². The summed E-state index contributed by atoms with van der Waals surface area (Å²) in [7, 11) is 0. The first-order chi connectivity index (χ1) is 12.4. The van der Waals surface area contributed by atoms with Gasteiger partial charge in [-0.05, 0) is 48.9 Å². The zero-order chi connectivity index (χ0) is 18.7. The summed E-state index contributed by atoms with van der Waals surface area (Å²) >= 11 is 11.9. The molecule has 0 saturated carbocycles. The van der Waals surface area contributed by atoms with Crippen molar-refractivity contribution in [1.29, 1.82) is 0 Å². The van der Waals surface area contributed by atoms with Gasteiger partial charge in [-0.2, -0.15) is 0 Å². The molecule has 3 rings (SSSR count). The minimum Gasteiger partial charge on any atom is -0.452 e. The number of nitrogens with zero attached hydrogens (tertiary/aromatic N) is 2. The number of hydrogen-bond donors (Lipinski definition) is 0. The number of rotatable bonds is 5. The molecule has 0 N–H and O–H groups in total. The number of halogens is 3. The van der Waals surface area contributed by atoms with Crippen LogP contribution < -0.4 is 0 Å². The fourth-order valence-corrected chi connectivity index (χ4v) is 2.69. The van der Waals surface area contributed by atoms with Crippen molar-refractivity contribution < 1.29 is 18.3 Å². The van der Waals surface area contributed by atoms with Crippen LogP contribution in [0.2, 0.25) is 10.0 Å². The smallest absolute Gasteiger partial charge is 0.311 e. The summed E-state index contributed by atoms with van der Waals surface area (Å²) in [6.07, 6.45) is -0.755. The summed E-state index contributed by atoms with van der Waals surface area (Å²) in [6, 6.07) is 10.5. The SMILES string of the molecule is C[C@@H](OC(=O)Cc1ccc(Cl)cc1Cl)c1nnc(-c2ccc(F)cc2)o1. The van der Waals surface area contributed by atoms with Crippen molar-refractivity contribution in [3.05, 3.63) is 69.8 Å². The van der Waals surface area contributed by atoms with E-state index in [4.69, 9.17) is 32.4 Å². The molecular formula is C18H13Cl2FN2O3. The summed E-state index contributed by atoms with van der Waals surface area (Å²) in [6.45, 7) is 1.61. The van der Waals surface area contributed by atoms with Crippen molar-refractivity contribution in [2.45, 2.75) is 19.4 Å². The Bertz CT molecular complexity index is 928. The van der Waals surface area contributed by atoms with Gasteiger partial charge in [0.1, 0.15) is 5.82 Å². The Morgan fingerprint density at radius 3 is 2.62 bits per heavy atom. The Balaban J connectivity index is 1.65. The van der Waals surface area contributed by atoms with Crippen molar-refractivity contribution in [2.75, 3.05) is 0 Å². The van der Waals surface area contributed by atoms with Crippen LogP contribution in [0.15, 0.2) is 46.9 Å². The van der Waals surface area contributed by atoms with Crippen molar-refractivity contribution in [1.82, 2.24) is 10.2 Å². The highest BCUT2D eigenvalue weighted by Gasteiger charge is 2.20. The van der Waals surface area contributed by atoms with Crippen LogP contribution in [0.3, 0.4) is 0 Å². The topological polar surface area (TPSA) is 65.2 Å². The molecule has 0 saturated heterocycles. The largest absolute Gasteiger partial charge is 0.452 e. The molecule has 1 heterocycles. The first-order valence-corrected chi connectivity index (χ1v) is 8.40. The van der Waals surface area contributed by atoms with Gasteiger partial charge in [-0.25, -0.2) is 4.39 Å². The minimum atomic E-state index is -0.740. The van der Waals surface area contributed by atoms with Crippen LogP contribution in [0.4, 0.5) is 4.39 Å². The highest BCUT2D eigenvalue weighted by atomic mass is 35.5. The first kappa shape index (κ1) is 18.4. The average Bonchev–Trinajstić information content (AvgIpc) is 3.08. The minimum absolute atomic E-state index is 0.0146. The molecule has 0 unspecified atom stereocenters. The van der Waals surface area contributed by atoms with Crippen LogP contribution >= 0.6 is 23.2 Å². The molecule has 0 radical (unpaired) electrons. The summed E-state index contributed by atoms with van der Waals surface area (Å²) < 4.78 is 23.8. The monoisotopic (exact) mass is 394 g/mol. The van der Waals surface area contributed by atoms with Crippen LogP contribution in [-0.4, -0.2) is 16.2 Å². The third kappa shape index (κ3) is 4.39. The molecule has 26 heavy (non-hydrogen) atoms. The lowest BCUT2D eigenvalue weighted by Crippen LogP contribution is -2.12. The fraction of sp³-hybridized carbons (Fsp3) is 0.167. The van der Waals surface area contributed by atoms with Gasteiger partial charge in [0, 0.05) is 15.6 Å². The number of benzene rings is 2. The Labute approximate surface area is 158 Å². The van der Waals surface area contributed by atoms with E-state index in [2.05, 4.69) is 10.2 Å². The molecule has 8 heteroatoms. The van der Waals surface area contributed by atoms with Gasteiger partial charge in [-0.1, -0.05) is 29.3 Å². The Kier molecular flexibility index (Phi) is 5.54.